The number of carboxylic acid groups (broad SMARTS) is 2. The highest BCUT2D eigenvalue weighted by Gasteiger charge is 2.40. The highest BCUT2D eigenvalue weighted by Crippen LogP contribution is 2.39. The van der Waals surface area contributed by atoms with Gasteiger partial charge in [-0.15, -0.1) is 0 Å². The lowest BCUT2D eigenvalue weighted by Gasteiger charge is -2.34. The van der Waals surface area contributed by atoms with Gasteiger partial charge >= 0.3 is 11.9 Å². The van der Waals surface area contributed by atoms with Crippen LogP contribution in [0.4, 0.5) is 0 Å². The van der Waals surface area contributed by atoms with Gasteiger partial charge in [-0.3, -0.25) is 4.79 Å². The van der Waals surface area contributed by atoms with Crippen molar-refractivity contribution < 1.29 is 24.9 Å². The number of unbranched alkanes of at least 4 members (excludes halogenated alkanes) is 6. The molecule has 0 heterocycles. The normalized spacial score (nSPS) is 23.1. The van der Waals surface area contributed by atoms with Crippen LogP contribution in [0.1, 0.15) is 78.1 Å². The molecule has 1 aliphatic rings. The van der Waals surface area contributed by atoms with E-state index in [0.717, 1.165) is 51.4 Å². The molecule has 1 aliphatic carbocycles. The summed E-state index contributed by atoms with van der Waals surface area (Å²) in [5.74, 6) is -3.61. The molecular weight excluding hydrogens is 320 g/mol. The van der Waals surface area contributed by atoms with E-state index < -0.39 is 23.5 Å². The van der Waals surface area contributed by atoms with Crippen LogP contribution in [0.15, 0.2) is 23.3 Å². The molecule has 0 aliphatic heterocycles. The maximum Gasteiger partial charge on any atom is 0.332 e. The summed E-state index contributed by atoms with van der Waals surface area (Å²) in [6.07, 6.45) is 11.4. The first kappa shape index (κ1) is 21.4. The van der Waals surface area contributed by atoms with Gasteiger partial charge in [0.25, 0.3) is 0 Å². The van der Waals surface area contributed by atoms with E-state index in [9.17, 15) is 24.9 Å². The van der Waals surface area contributed by atoms with Crippen LogP contribution in [0.3, 0.4) is 0 Å². The molecule has 25 heavy (non-hydrogen) atoms. The van der Waals surface area contributed by atoms with E-state index in [1.807, 2.05) is 0 Å². The predicted molar refractivity (Wildman–Crippen MR) is 97.4 cm³/mol. The summed E-state index contributed by atoms with van der Waals surface area (Å²) in [6.45, 7) is 4.20. The molecule has 0 aromatic rings. The summed E-state index contributed by atoms with van der Waals surface area (Å²) in [5.41, 5.74) is -1.09. The van der Waals surface area contributed by atoms with Gasteiger partial charge in [-0.05, 0) is 31.3 Å². The Hall–Kier alpha value is -1.62. The molecule has 0 aromatic heterocycles. The van der Waals surface area contributed by atoms with E-state index in [4.69, 9.17) is 0 Å². The molecule has 1 rings (SSSR count). The monoisotopic (exact) mass is 352 g/mol. The third-order valence-corrected chi connectivity index (χ3v) is 4.91. The molecule has 0 radical (unpaired) electrons. The predicted octanol–water partition coefficient (Wildman–Crippen LogP) is 4.31. The Morgan fingerprint density at radius 2 is 1.60 bits per heavy atom. The molecule has 0 saturated heterocycles. The zero-order valence-electron chi connectivity index (χ0n) is 15.5. The molecule has 0 fully saturated rings. The van der Waals surface area contributed by atoms with Crippen molar-refractivity contribution in [2.45, 2.75) is 83.7 Å². The maximum atomic E-state index is 11.8. The fraction of sp³-hybridized carbons (Fsp3) is 0.700. The van der Waals surface area contributed by atoms with Crippen LogP contribution in [-0.4, -0.2) is 32.9 Å². The van der Waals surface area contributed by atoms with Crippen LogP contribution in [0.5, 0.6) is 0 Å². The lowest BCUT2D eigenvalue weighted by molar-refractivity contribution is -0.142. The van der Waals surface area contributed by atoms with E-state index in [1.54, 1.807) is 0 Å². The molecule has 0 aromatic carbocycles. The van der Waals surface area contributed by atoms with Gasteiger partial charge in [0.15, 0.2) is 0 Å². The summed E-state index contributed by atoms with van der Waals surface area (Å²) in [6, 6.07) is 0. The van der Waals surface area contributed by atoms with Crippen LogP contribution >= 0.6 is 0 Å². The zero-order valence-corrected chi connectivity index (χ0v) is 15.5. The quantitative estimate of drug-likeness (QED) is 0.359. The molecule has 142 valence electrons. The second-order valence-electron chi connectivity index (χ2n) is 6.92. The van der Waals surface area contributed by atoms with E-state index >= 15 is 0 Å². The Kier molecular flexibility index (Phi) is 8.90. The summed E-state index contributed by atoms with van der Waals surface area (Å²) in [4.78, 5) is 23.2. The molecule has 0 bridgehead atoms. The molecule has 0 spiro atoms. The first-order valence-corrected chi connectivity index (χ1v) is 9.48. The van der Waals surface area contributed by atoms with Gasteiger partial charge < -0.3 is 15.3 Å². The van der Waals surface area contributed by atoms with Crippen LogP contribution in [0, 0.1) is 5.92 Å². The number of carboxylic acids is 2. The van der Waals surface area contributed by atoms with Crippen LogP contribution in [0.2, 0.25) is 0 Å². The van der Waals surface area contributed by atoms with E-state index in [2.05, 4.69) is 13.8 Å². The van der Waals surface area contributed by atoms with Crippen molar-refractivity contribution in [3.8, 4) is 0 Å². The molecule has 2 atom stereocenters. The third kappa shape index (κ3) is 5.99. The van der Waals surface area contributed by atoms with Gasteiger partial charge in [-0.25, -0.2) is 4.79 Å². The summed E-state index contributed by atoms with van der Waals surface area (Å²) in [5, 5.41) is 30.1. The molecule has 0 saturated carbocycles. The van der Waals surface area contributed by atoms with Crippen LogP contribution < -0.4 is 0 Å². The summed E-state index contributed by atoms with van der Waals surface area (Å²) in [7, 11) is 0. The number of carbonyl (C=O) groups is 2. The van der Waals surface area contributed by atoms with Crippen molar-refractivity contribution in [3.05, 3.63) is 23.3 Å². The summed E-state index contributed by atoms with van der Waals surface area (Å²) >= 11 is 0. The van der Waals surface area contributed by atoms with Gasteiger partial charge in [-0.2, -0.15) is 0 Å². The fourth-order valence-electron chi connectivity index (χ4n) is 3.48. The number of hydrogen-bond acceptors (Lipinski definition) is 3. The number of aliphatic carboxylic acids is 2. The molecule has 3 N–H and O–H groups in total. The Morgan fingerprint density at radius 1 is 1.00 bits per heavy atom. The van der Waals surface area contributed by atoms with Crippen LogP contribution in [-0.2, 0) is 9.59 Å². The second kappa shape index (κ2) is 10.4. The van der Waals surface area contributed by atoms with E-state index in [-0.39, 0.29) is 5.57 Å². The SMILES string of the molecule is CCCCCCC1=C(C(=O)O)C(C(=O)O)C=CC1(O)CCCCCC. The van der Waals surface area contributed by atoms with Gasteiger partial charge in [0.05, 0.1) is 5.57 Å². The molecule has 2 unspecified atom stereocenters. The minimum atomic E-state index is -1.33. The van der Waals surface area contributed by atoms with E-state index in [1.165, 1.54) is 12.2 Å². The number of aliphatic hydroxyl groups is 1. The first-order valence-electron chi connectivity index (χ1n) is 9.48. The van der Waals surface area contributed by atoms with Gasteiger partial charge in [-0.1, -0.05) is 64.5 Å². The van der Waals surface area contributed by atoms with Gasteiger partial charge in [0, 0.05) is 0 Å². The van der Waals surface area contributed by atoms with Crippen LogP contribution in [0.25, 0.3) is 0 Å². The minimum Gasteiger partial charge on any atom is -0.481 e. The van der Waals surface area contributed by atoms with Crippen molar-refractivity contribution in [2.24, 2.45) is 5.92 Å². The Bertz CT molecular complexity index is 520. The standard InChI is InChI=1S/C20H32O5/c1-3-5-7-9-11-16-17(19(23)24)15(18(21)22)12-14-20(16,25)13-10-8-6-4-2/h12,14-15,25H,3-11,13H2,1-2H3,(H,21,22)(H,23,24). The average molecular weight is 352 g/mol. The largest absolute Gasteiger partial charge is 0.481 e. The molecule has 5 nitrogen and oxygen atoms in total. The highest BCUT2D eigenvalue weighted by molar-refractivity contribution is 5.96. The smallest absolute Gasteiger partial charge is 0.332 e. The maximum absolute atomic E-state index is 11.8. The highest BCUT2D eigenvalue weighted by atomic mass is 16.4. The second-order valence-corrected chi connectivity index (χ2v) is 6.92. The van der Waals surface area contributed by atoms with Crippen molar-refractivity contribution in [1.82, 2.24) is 0 Å². The Labute approximate surface area is 150 Å². The summed E-state index contributed by atoms with van der Waals surface area (Å²) < 4.78 is 0. The van der Waals surface area contributed by atoms with Gasteiger partial charge in [0.2, 0.25) is 0 Å². The number of rotatable bonds is 12. The molecule has 5 heteroatoms. The average Bonchev–Trinajstić information content (AvgIpc) is 2.56. The molecule has 0 amide bonds. The first-order chi connectivity index (χ1) is 11.9. The van der Waals surface area contributed by atoms with Crippen molar-refractivity contribution in [2.75, 3.05) is 0 Å². The zero-order chi connectivity index (χ0) is 18.9. The van der Waals surface area contributed by atoms with Crippen molar-refractivity contribution >= 4 is 11.9 Å². The Morgan fingerprint density at radius 3 is 2.12 bits per heavy atom. The van der Waals surface area contributed by atoms with Crippen molar-refractivity contribution in [3.63, 3.8) is 0 Å². The lowest BCUT2D eigenvalue weighted by atomic mass is 9.74. The topological polar surface area (TPSA) is 94.8 Å². The minimum absolute atomic E-state index is 0.149. The van der Waals surface area contributed by atoms with Gasteiger partial charge in [0.1, 0.15) is 11.5 Å². The fourth-order valence-corrected chi connectivity index (χ4v) is 3.48. The van der Waals surface area contributed by atoms with E-state index in [0.29, 0.717) is 18.4 Å². The Balaban J connectivity index is 3.09. The third-order valence-electron chi connectivity index (χ3n) is 4.91. The lowest BCUT2D eigenvalue weighted by Crippen LogP contribution is -2.37. The molecular formula is C20H32O5. The van der Waals surface area contributed by atoms with Crippen molar-refractivity contribution in [1.29, 1.82) is 0 Å². The number of hydrogen-bond donors (Lipinski definition) is 3.